The molecule has 0 bridgehead atoms. The van der Waals surface area contributed by atoms with E-state index in [9.17, 15) is 4.79 Å². The van der Waals surface area contributed by atoms with Crippen molar-refractivity contribution in [2.45, 2.75) is 39.8 Å². The second-order valence-corrected chi connectivity index (χ2v) is 8.58. The highest BCUT2D eigenvalue weighted by molar-refractivity contribution is 5.98. The van der Waals surface area contributed by atoms with Crippen LogP contribution in [-0.4, -0.2) is 25.7 Å². The summed E-state index contributed by atoms with van der Waals surface area (Å²) in [5, 5.41) is 8.54. The lowest BCUT2D eigenvalue weighted by Gasteiger charge is -2.19. The lowest BCUT2D eigenvalue weighted by molar-refractivity contribution is 0.0950. The highest BCUT2D eigenvalue weighted by Crippen LogP contribution is 2.32. The molecule has 1 amide bonds. The minimum atomic E-state index is -0.253. The van der Waals surface area contributed by atoms with Gasteiger partial charge in [-0.05, 0) is 44.9 Å². The fourth-order valence-electron chi connectivity index (χ4n) is 3.53. The van der Waals surface area contributed by atoms with E-state index in [-0.39, 0.29) is 11.4 Å². The van der Waals surface area contributed by atoms with Crippen LogP contribution in [0.2, 0.25) is 0 Å². The number of amides is 1. The molecule has 3 N–H and O–H groups in total. The van der Waals surface area contributed by atoms with Gasteiger partial charge in [0.15, 0.2) is 5.65 Å². The summed E-state index contributed by atoms with van der Waals surface area (Å²) in [5.41, 5.74) is 10.9. The number of fused-ring (bicyclic) bond motifs is 1. The SMILES string of the molecule is Cc1ccccc1C(=O)NCc1ccc(-c2nn(C(C)(C)C)c3ncnc(N)c23)cc1. The molecule has 4 aromatic rings. The normalized spacial score (nSPS) is 11.6. The van der Waals surface area contributed by atoms with Crippen LogP contribution >= 0.6 is 0 Å². The van der Waals surface area contributed by atoms with Gasteiger partial charge in [0.25, 0.3) is 5.91 Å². The van der Waals surface area contributed by atoms with Gasteiger partial charge < -0.3 is 11.1 Å². The smallest absolute Gasteiger partial charge is 0.251 e. The molecule has 2 heterocycles. The van der Waals surface area contributed by atoms with Crippen molar-refractivity contribution in [2.75, 3.05) is 5.73 Å². The van der Waals surface area contributed by atoms with Gasteiger partial charge in [-0.1, -0.05) is 42.5 Å². The van der Waals surface area contributed by atoms with E-state index in [1.807, 2.05) is 60.1 Å². The van der Waals surface area contributed by atoms with Crippen molar-refractivity contribution in [3.8, 4) is 11.3 Å². The van der Waals surface area contributed by atoms with E-state index < -0.39 is 0 Å². The van der Waals surface area contributed by atoms with Crippen molar-refractivity contribution in [1.29, 1.82) is 0 Å². The van der Waals surface area contributed by atoms with E-state index in [0.29, 0.717) is 23.6 Å². The lowest BCUT2D eigenvalue weighted by Crippen LogP contribution is -2.23. The van der Waals surface area contributed by atoms with Gasteiger partial charge in [-0.15, -0.1) is 0 Å². The molecule has 0 unspecified atom stereocenters. The Hall–Kier alpha value is -3.74. The Balaban J connectivity index is 1.60. The van der Waals surface area contributed by atoms with Gasteiger partial charge in [-0.25, -0.2) is 14.6 Å². The first-order valence-electron chi connectivity index (χ1n) is 10.2. The molecule has 0 saturated carbocycles. The van der Waals surface area contributed by atoms with Crippen LogP contribution in [0.25, 0.3) is 22.3 Å². The molecule has 2 aromatic carbocycles. The molecule has 0 fully saturated rings. The van der Waals surface area contributed by atoms with Gasteiger partial charge in [0.2, 0.25) is 0 Å². The topological polar surface area (TPSA) is 98.7 Å². The van der Waals surface area contributed by atoms with Crippen molar-refractivity contribution < 1.29 is 4.79 Å². The molecular formula is C24H26N6O. The van der Waals surface area contributed by atoms with Gasteiger partial charge >= 0.3 is 0 Å². The number of nitrogens with two attached hydrogens (primary N) is 1. The maximum atomic E-state index is 12.5. The Labute approximate surface area is 181 Å². The minimum Gasteiger partial charge on any atom is -0.383 e. The Kier molecular flexibility index (Phi) is 5.19. The Bertz CT molecular complexity index is 1250. The Morgan fingerprint density at radius 3 is 2.45 bits per heavy atom. The average molecular weight is 415 g/mol. The van der Waals surface area contributed by atoms with Gasteiger partial charge in [0.05, 0.1) is 10.9 Å². The van der Waals surface area contributed by atoms with E-state index in [1.54, 1.807) is 0 Å². The number of aromatic nitrogens is 4. The van der Waals surface area contributed by atoms with Crippen molar-refractivity contribution in [2.24, 2.45) is 0 Å². The van der Waals surface area contributed by atoms with E-state index in [1.165, 1.54) is 6.33 Å². The molecule has 7 nitrogen and oxygen atoms in total. The van der Waals surface area contributed by atoms with Gasteiger partial charge in [-0.3, -0.25) is 4.79 Å². The van der Waals surface area contributed by atoms with Crippen LogP contribution in [0.15, 0.2) is 54.9 Å². The summed E-state index contributed by atoms with van der Waals surface area (Å²) in [6, 6.07) is 15.5. The minimum absolute atomic E-state index is 0.0815. The molecule has 158 valence electrons. The van der Waals surface area contributed by atoms with Gasteiger partial charge in [0.1, 0.15) is 17.8 Å². The Morgan fingerprint density at radius 2 is 1.77 bits per heavy atom. The predicted molar refractivity (Wildman–Crippen MR) is 123 cm³/mol. The number of anilines is 1. The summed E-state index contributed by atoms with van der Waals surface area (Å²) >= 11 is 0. The maximum absolute atomic E-state index is 12.5. The van der Waals surface area contributed by atoms with Crippen LogP contribution in [-0.2, 0) is 12.1 Å². The molecule has 0 radical (unpaired) electrons. The second-order valence-electron chi connectivity index (χ2n) is 8.58. The zero-order valence-electron chi connectivity index (χ0n) is 18.2. The van der Waals surface area contributed by atoms with Crippen LogP contribution in [0, 0.1) is 6.92 Å². The van der Waals surface area contributed by atoms with E-state index >= 15 is 0 Å². The first-order valence-corrected chi connectivity index (χ1v) is 10.2. The quantitative estimate of drug-likeness (QED) is 0.524. The number of nitrogens with one attached hydrogen (secondary N) is 1. The number of aryl methyl sites for hydroxylation is 1. The van der Waals surface area contributed by atoms with E-state index in [4.69, 9.17) is 10.8 Å². The molecular weight excluding hydrogens is 388 g/mol. The summed E-state index contributed by atoms with van der Waals surface area (Å²) in [5.74, 6) is 0.326. The molecule has 0 spiro atoms. The first-order chi connectivity index (χ1) is 14.8. The number of hydrogen-bond acceptors (Lipinski definition) is 5. The highest BCUT2D eigenvalue weighted by atomic mass is 16.1. The lowest BCUT2D eigenvalue weighted by atomic mass is 10.1. The van der Waals surface area contributed by atoms with Crippen LogP contribution in [0.3, 0.4) is 0 Å². The van der Waals surface area contributed by atoms with Crippen LogP contribution in [0.1, 0.15) is 42.3 Å². The van der Waals surface area contributed by atoms with Crippen LogP contribution in [0.4, 0.5) is 5.82 Å². The van der Waals surface area contributed by atoms with E-state index in [0.717, 1.165) is 27.8 Å². The number of carbonyl (C=O) groups is 1. The van der Waals surface area contributed by atoms with Crippen molar-refractivity contribution >= 4 is 22.8 Å². The monoisotopic (exact) mass is 414 g/mol. The largest absolute Gasteiger partial charge is 0.383 e. The first kappa shape index (κ1) is 20.5. The molecule has 2 aromatic heterocycles. The molecule has 0 aliphatic rings. The summed E-state index contributed by atoms with van der Waals surface area (Å²) in [4.78, 5) is 21.0. The molecule has 0 aliphatic heterocycles. The third kappa shape index (κ3) is 3.99. The molecule has 0 saturated heterocycles. The standard InChI is InChI=1S/C24H26N6O/c1-15-7-5-6-8-18(15)23(31)26-13-16-9-11-17(12-10-16)20-19-21(25)27-14-28-22(19)30(29-20)24(2,3)4/h5-12,14H,13H2,1-4H3,(H,26,31)(H2,25,27,28). The molecule has 4 rings (SSSR count). The van der Waals surface area contributed by atoms with Crippen LogP contribution in [0.5, 0.6) is 0 Å². The highest BCUT2D eigenvalue weighted by Gasteiger charge is 2.23. The zero-order chi connectivity index (χ0) is 22.2. The summed E-state index contributed by atoms with van der Waals surface area (Å²) in [6.45, 7) is 8.58. The molecule has 0 atom stereocenters. The molecule has 31 heavy (non-hydrogen) atoms. The third-order valence-electron chi connectivity index (χ3n) is 5.20. The third-order valence-corrected chi connectivity index (χ3v) is 5.20. The number of benzene rings is 2. The fourth-order valence-corrected chi connectivity index (χ4v) is 3.53. The zero-order valence-corrected chi connectivity index (χ0v) is 18.2. The number of rotatable bonds is 4. The Morgan fingerprint density at radius 1 is 1.06 bits per heavy atom. The van der Waals surface area contributed by atoms with Crippen molar-refractivity contribution in [3.05, 3.63) is 71.5 Å². The summed E-state index contributed by atoms with van der Waals surface area (Å²) in [6.07, 6.45) is 1.46. The van der Waals surface area contributed by atoms with E-state index in [2.05, 4.69) is 36.1 Å². The van der Waals surface area contributed by atoms with Gasteiger partial charge in [0, 0.05) is 17.7 Å². The van der Waals surface area contributed by atoms with Crippen molar-refractivity contribution in [3.63, 3.8) is 0 Å². The summed E-state index contributed by atoms with van der Waals surface area (Å²) in [7, 11) is 0. The predicted octanol–water partition coefficient (Wildman–Crippen LogP) is 4.07. The van der Waals surface area contributed by atoms with Crippen molar-refractivity contribution in [1.82, 2.24) is 25.1 Å². The molecule has 0 aliphatic carbocycles. The second kappa shape index (κ2) is 7.83. The maximum Gasteiger partial charge on any atom is 0.251 e. The number of hydrogen-bond donors (Lipinski definition) is 2. The van der Waals surface area contributed by atoms with Gasteiger partial charge in [-0.2, -0.15) is 5.10 Å². The fraction of sp³-hybridized carbons (Fsp3) is 0.250. The molecule has 7 heteroatoms. The number of nitrogens with zero attached hydrogens (tertiary/aromatic N) is 4. The average Bonchev–Trinajstić information content (AvgIpc) is 3.14. The number of nitrogen functional groups attached to an aromatic ring is 1. The number of carbonyl (C=O) groups excluding carboxylic acids is 1. The summed E-state index contributed by atoms with van der Waals surface area (Å²) < 4.78 is 1.88. The van der Waals surface area contributed by atoms with Crippen LogP contribution < -0.4 is 11.1 Å².